The Morgan fingerprint density at radius 2 is 1.93 bits per heavy atom. The lowest BCUT2D eigenvalue weighted by Gasteiger charge is -2.16. The van der Waals surface area contributed by atoms with Crippen LogP contribution in [-0.2, 0) is 4.79 Å². The monoisotopic (exact) mass is 393 g/mol. The number of para-hydroxylation sites is 2. The van der Waals surface area contributed by atoms with Crippen molar-refractivity contribution in [1.29, 1.82) is 0 Å². The molecular formula is C22H23N3O2S. The summed E-state index contributed by atoms with van der Waals surface area (Å²) in [4.78, 5) is 30.3. The molecule has 6 heteroatoms. The fraction of sp³-hybridized carbons (Fsp3) is 0.318. The molecule has 144 valence electrons. The van der Waals surface area contributed by atoms with E-state index in [1.165, 1.54) is 24.6 Å². The first-order valence-corrected chi connectivity index (χ1v) is 10.5. The summed E-state index contributed by atoms with van der Waals surface area (Å²) >= 11 is 1.30. The van der Waals surface area contributed by atoms with Crippen molar-refractivity contribution in [3.8, 4) is 5.69 Å². The Bertz CT molecular complexity index is 1090. The first kappa shape index (κ1) is 18.7. The molecule has 0 bridgehead atoms. The molecule has 5 nitrogen and oxygen atoms in total. The highest BCUT2D eigenvalue weighted by Crippen LogP contribution is 2.32. The van der Waals surface area contributed by atoms with Gasteiger partial charge in [-0.3, -0.25) is 14.2 Å². The number of carbonyl (C=O) groups is 1. The van der Waals surface area contributed by atoms with E-state index in [1.807, 2.05) is 49.4 Å². The van der Waals surface area contributed by atoms with E-state index in [9.17, 15) is 9.59 Å². The first-order chi connectivity index (χ1) is 13.5. The van der Waals surface area contributed by atoms with Gasteiger partial charge in [0.1, 0.15) is 0 Å². The maximum absolute atomic E-state index is 13.2. The molecule has 0 unspecified atom stereocenters. The van der Waals surface area contributed by atoms with Crippen LogP contribution in [0.2, 0.25) is 0 Å². The molecule has 1 N–H and O–H groups in total. The van der Waals surface area contributed by atoms with Crippen LogP contribution < -0.4 is 10.9 Å². The summed E-state index contributed by atoms with van der Waals surface area (Å²) in [5, 5.41) is 4.17. The Hall–Kier alpha value is -2.60. The van der Waals surface area contributed by atoms with Crippen molar-refractivity contribution in [2.24, 2.45) is 5.92 Å². The molecule has 1 saturated carbocycles. The lowest BCUT2D eigenvalue weighted by Crippen LogP contribution is -2.35. The highest BCUT2D eigenvalue weighted by atomic mass is 32.2. The topological polar surface area (TPSA) is 64.0 Å². The molecule has 1 fully saturated rings. The molecule has 1 heterocycles. The van der Waals surface area contributed by atoms with Crippen molar-refractivity contribution in [3.05, 3.63) is 64.4 Å². The highest BCUT2D eigenvalue weighted by Gasteiger charge is 2.29. The van der Waals surface area contributed by atoms with Crippen LogP contribution in [0.25, 0.3) is 16.6 Å². The maximum Gasteiger partial charge on any atom is 0.266 e. The number of rotatable bonds is 6. The second-order valence-electron chi connectivity index (χ2n) is 7.32. The first-order valence-electron chi connectivity index (χ1n) is 9.54. The maximum atomic E-state index is 13.2. The summed E-state index contributed by atoms with van der Waals surface area (Å²) in [5.74, 6) is 0.814. The molecule has 3 aromatic rings. The number of aryl methyl sites for hydroxylation is 1. The number of carbonyl (C=O) groups excluding carboxylic acids is 1. The Kier molecular flexibility index (Phi) is 5.22. The number of benzene rings is 2. The molecule has 1 atom stereocenters. The van der Waals surface area contributed by atoms with E-state index < -0.39 is 0 Å². The molecular weight excluding hydrogens is 370 g/mol. The van der Waals surface area contributed by atoms with E-state index in [-0.39, 0.29) is 23.3 Å². The molecule has 1 aliphatic carbocycles. The molecule has 0 spiro atoms. The SMILES string of the molecule is Cc1ccccc1-n1c(SCC(=O)N[C@@H](C)C2CC2)nc2ccccc2c1=O. The van der Waals surface area contributed by atoms with E-state index in [0.717, 1.165) is 11.3 Å². The number of fused-ring (bicyclic) bond motifs is 1. The molecule has 1 amide bonds. The molecule has 4 rings (SSSR count). The van der Waals surface area contributed by atoms with E-state index in [4.69, 9.17) is 4.98 Å². The van der Waals surface area contributed by atoms with E-state index in [1.54, 1.807) is 10.6 Å². The third-order valence-electron chi connectivity index (χ3n) is 5.15. The van der Waals surface area contributed by atoms with Gasteiger partial charge >= 0.3 is 0 Å². The summed E-state index contributed by atoms with van der Waals surface area (Å²) in [6.07, 6.45) is 2.38. The molecule has 0 radical (unpaired) electrons. The number of hydrogen-bond donors (Lipinski definition) is 1. The van der Waals surface area contributed by atoms with Gasteiger partial charge in [-0.2, -0.15) is 0 Å². The third-order valence-corrected chi connectivity index (χ3v) is 6.09. The molecule has 0 saturated heterocycles. The van der Waals surface area contributed by atoms with E-state index in [0.29, 0.717) is 22.0 Å². The standard InChI is InChI=1S/C22H23N3O2S/c1-14-7-3-6-10-19(14)25-21(27)17-8-4-5-9-18(17)24-22(25)28-13-20(26)23-15(2)16-11-12-16/h3-10,15-16H,11-13H2,1-2H3,(H,23,26)/t15-/m0/s1. The minimum atomic E-state index is -0.117. The van der Waals surface area contributed by atoms with Crippen LogP contribution in [0.4, 0.5) is 0 Å². The van der Waals surface area contributed by atoms with Gasteiger partial charge in [-0.15, -0.1) is 0 Å². The number of aromatic nitrogens is 2. The van der Waals surface area contributed by atoms with Crippen LogP contribution in [0.1, 0.15) is 25.3 Å². The largest absolute Gasteiger partial charge is 0.353 e. The quantitative estimate of drug-likeness (QED) is 0.512. The second kappa shape index (κ2) is 7.80. The molecule has 28 heavy (non-hydrogen) atoms. The van der Waals surface area contributed by atoms with Gasteiger partial charge in [0.15, 0.2) is 5.16 Å². The summed E-state index contributed by atoms with van der Waals surface area (Å²) in [5.41, 5.74) is 2.30. The third kappa shape index (κ3) is 3.83. The van der Waals surface area contributed by atoms with Gasteiger partial charge in [0.25, 0.3) is 5.56 Å². The lowest BCUT2D eigenvalue weighted by molar-refractivity contribution is -0.119. The summed E-state index contributed by atoms with van der Waals surface area (Å²) in [6.45, 7) is 4.02. The van der Waals surface area contributed by atoms with Gasteiger partial charge < -0.3 is 5.32 Å². The average molecular weight is 394 g/mol. The van der Waals surface area contributed by atoms with Crippen molar-refractivity contribution >= 4 is 28.6 Å². The van der Waals surface area contributed by atoms with Crippen LogP contribution in [0, 0.1) is 12.8 Å². The van der Waals surface area contributed by atoms with Crippen molar-refractivity contribution in [3.63, 3.8) is 0 Å². The number of nitrogens with zero attached hydrogens (tertiary/aromatic N) is 2. The molecule has 0 aliphatic heterocycles. The summed E-state index contributed by atoms with van der Waals surface area (Å²) in [7, 11) is 0. The fourth-order valence-electron chi connectivity index (χ4n) is 3.38. The molecule has 1 aromatic heterocycles. The zero-order valence-electron chi connectivity index (χ0n) is 16.0. The molecule has 1 aliphatic rings. The predicted molar refractivity (Wildman–Crippen MR) is 113 cm³/mol. The molecule has 2 aromatic carbocycles. The van der Waals surface area contributed by atoms with Gasteiger partial charge in [-0.25, -0.2) is 4.98 Å². The Morgan fingerprint density at radius 1 is 1.21 bits per heavy atom. The number of amides is 1. The van der Waals surface area contributed by atoms with Crippen molar-refractivity contribution < 1.29 is 4.79 Å². The van der Waals surface area contributed by atoms with Crippen LogP contribution in [0.3, 0.4) is 0 Å². The lowest BCUT2D eigenvalue weighted by atomic mass is 10.2. The zero-order chi connectivity index (χ0) is 19.7. The Balaban J connectivity index is 1.70. The van der Waals surface area contributed by atoms with Crippen LogP contribution >= 0.6 is 11.8 Å². The van der Waals surface area contributed by atoms with E-state index in [2.05, 4.69) is 12.2 Å². The van der Waals surface area contributed by atoms with Gasteiger partial charge in [0.2, 0.25) is 5.91 Å². The summed E-state index contributed by atoms with van der Waals surface area (Å²) < 4.78 is 1.62. The fourth-order valence-corrected chi connectivity index (χ4v) is 4.19. The second-order valence-corrected chi connectivity index (χ2v) is 8.26. The number of hydrogen-bond acceptors (Lipinski definition) is 4. The minimum absolute atomic E-state index is 0.0249. The van der Waals surface area contributed by atoms with Crippen molar-refractivity contribution in [2.75, 3.05) is 5.75 Å². The van der Waals surface area contributed by atoms with Gasteiger partial charge in [-0.05, 0) is 56.4 Å². The van der Waals surface area contributed by atoms with Crippen LogP contribution in [0.15, 0.2) is 58.5 Å². The van der Waals surface area contributed by atoms with Crippen LogP contribution in [-0.4, -0.2) is 27.3 Å². The minimum Gasteiger partial charge on any atom is -0.353 e. The number of nitrogens with one attached hydrogen (secondary N) is 1. The van der Waals surface area contributed by atoms with Gasteiger partial charge in [-0.1, -0.05) is 42.1 Å². The number of thioether (sulfide) groups is 1. The normalized spacial score (nSPS) is 14.8. The van der Waals surface area contributed by atoms with Crippen LogP contribution in [0.5, 0.6) is 0 Å². The van der Waals surface area contributed by atoms with Crippen molar-refractivity contribution in [2.45, 2.75) is 37.9 Å². The Labute approximate surface area is 168 Å². The van der Waals surface area contributed by atoms with E-state index >= 15 is 0 Å². The highest BCUT2D eigenvalue weighted by molar-refractivity contribution is 7.99. The average Bonchev–Trinajstić information content (AvgIpc) is 3.53. The van der Waals surface area contributed by atoms with Gasteiger partial charge in [0, 0.05) is 6.04 Å². The predicted octanol–water partition coefficient (Wildman–Crippen LogP) is 3.70. The van der Waals surface area contributed by atoms with Crippen molar-refractivity contribution in [1.82, 2.24) is 14.9 Å². The smallest absolute Gasteiger partial charge is 0.266 e. The zero-order valence-corrected chi connectivity index (χ0v) is 16.8. The van der Waals surface area contributed by atoms with Gasteiger partial charge in [0.05, 0.1) is 22.3 Å². The summed E-state index contributed by atoms with van der Waals surface area (Å²) in [6, 6.07) is 15.3. The Morgan fingerprint density at radius 3 is 2.68 bits per heavy atom.